The van der Waals surface area contributed by atoms with Gasteiger partial charge in [-0.15, -0.1) is 10.2 Å². The second-order valence-electron chi connectivity index (χ2n) is 3.47. The normalized spacial score (nSPS) is 11.1. The lowest BCUT2D eigenvalue weighted by molar-refractivity contribution is 1.12. The molecule has 0 fully saturated rings. The summed E-state index contributed by atoms with van der Waals surface area (Å²) in [5.74, 6) is 0. The van der Waals surface area contributed by atoms with E-state index in [1.54, 1.807) is 0 Å². The number of rotatable bonds is 0. The van der Waals surface area contributed by atoms with Crippen LogP contribution in [-0.4, -0.2) is 10.2 Å². The third-order valence-corrected chi connectivity index (χ3v) is 3.82. The Kier molecular flexibility index (Phi) is 2.41. The van der Waals surface area contributed by atoms with E-state index in [2.05, 4.69) is 42.1 Å². The molecule has 1 aromatic heterocycles. The molecular weight excluding hydrogens is 332 g/mol. The minimum Gasteiger partial charge on any atom is -0.150 e. The minimum absolute atomic E-state index is 0.897. The highest BCUT2D eigenvalue weighted by atomic mass is 79.9. The summed E-state index contributed by atoms with van der Waals surface area (Å²) in [6.45, 7) is 0. The van der Waals surface area contributed by atoms with E-state index in [1.807, 2.05) is 36.4 Å². The highest BCUT2D eigenvalue weighted by Crippen LogP contribution is 2.33. The molecule has 0 amide bonds. The van der Waals surface area contributed by atoms with Crippen LogP contribution in [0.2, 0.25) is 0 Å². The van der Waals surface area contributed by atoms with Crippen molar-refractivity contribution in [2.45, 2.75) is 0 Å². The van der Waals surface area contributed by atoms with Gasteiger partial charge in [-0.1, -0.05) is 44.0 Å². The van der Waals surface area contributed by atoms with Gasteiger partial charge in [-0.25, -0.2) is 0 Å². The number of benzene rings is 2. The molecule has 78 valence electrons. The molecule has 4 heteroatoms. The fourth-order valence-corrected chi connectivity index (χ4v) is 2.90. The van der Waals surface area contributed by atoms with E-state index in [1.165, 1.54) is 0 Å². The van der Waals surface area contributed by atoms with E-state index >= 15 is 0 Å². The predicted molar refractivity (Wildman–Crippen MR) is 72.4 cm³/mol. The van der Waals surface area contributed by atoms with Crippen LogP contribution < -0.4 is 0 Å². The van der Waals surface area contributed by atoms with Crippen LogP contribution in [0.1, 0.15) is 0 Å². The third kappa shape index (κ3) is 1.44. The van der Waals surface area contributed by atoms with Crippen LogP contribution in [0.15, 0.2) is 45.3 Å². The standard InChI is InChI=1S/C12H6Br2N2/c13-7-3-1-5-9-11(7)12-8(14)4-2-6-10(12)16-15-9/h1-6H. The maximum absolute atomic E-state index is 4.21. The quantitative estimate of drug-likeness (QED) is 0.571. The molecule has 0 N–H and O–H groups in total. The van der Waals surface area contributed by atoms with Crippen molar-refractivity contribution in [3.05, 3.63) is 45.3 Å². The van der Waals surface area contributed by atoms with Crippen LogP contribution in [-0.2, 0) is 0 Å². The Bertz CT molecular complexity index is 634. The zero-order chi connectivity index (χ0) is 11.1. The van der Waals surface area contributed by atoms with Gasteiger partial charge in [0, 0.05) is 19.7 Å². The van der Waals surface area contributed by atoms with Gasteiger partial charge >= 0.3 is 0 Å². The van der Waals surface area contributed by atoms with E-state index in [0.717, 1.165) is 30.8 Å². The molecule has 0 aliphatic carbocycles. The van der Waals surface area contributed by atoms with Crippen LogP contribution >= 0.6 is 31.9 Å². The lowest BCUT2D eigenvalue weighted by Gasteiger charge is -2.05. The SMILES string of the molecule is Brc1cccc2nnc3cccc(Br)c3c12. The molecule has 0 bridgehead atoms. The highest BCUT2D eigenvalue weighted by Gasteiger charge is 2.08. The fourth-order valence-electron chi connectivity index (χ4n) is 1.79. The molecule has 0 atom stereocenters. The number of hydrogen-bond acceptors (Lipinski definition) is 2. The van der Waals surface area contributed by atoms with Gasteiger partial charge in [0.15, 0.2) is 0 Å². The summed E-state index contributed by atoms with van der Waals surface area (Å²) in [4.78, 5) is 0. The number of nitrogens with zero attached hydrogens (tertiary/aromatic N) is 2. The van der Waals surface area contributed by atoms with Gasteiger partial charge in [0.1, 0.15) is 0 Å². The summed E-state index contributed by atoms with van der Waals surface area (Å²) in [6, 6.07) is 11.9. The molecule has 0 spiro atoms. The van der Waals surface area contributed by atoms with Crippen molar-refractivity contribution >= 4 is 53.7 Å². The Morgan fingerprint density at radius 3 is 1.56 bits per heavy atom. The molecule has 1 heterocycles. The smallest absolute Gasteiger partial charge is 0.0947 e. The molecule has 2 aromatic carbocycles. The summed E-state index contributed by atoms with van der Waals surface area (Å²) in [7, 11) is 0. The average Bonchev–Trinajstić information content (AvgIpc) is 2.29. The maximum Gasteiger partial charge on any atom is 0.0947 e. The topological polar surface area (TPSA) is 25.8 Å². The minimum atomic E-state index is 0.897. The van der Waals surface area contributed by atoms with Crippen LogP contribution in [0.3, 0.4) is 0 Å². The van der Waals surface area contributed by atoms with Crippen molar-refractivity contribution in [3.63, 3.8) is 0 Å². The van der Waals surface area contributed by atoms with E-state index in [0.29, 0.717) is 0 Å². The van der Waals surface area contributed by atoms with Crippen molar-refractivity contribution < 1.29 is 0 Å². The van der Waals surface area contributed by atoms with E-state index in [-0.39, 0.29) is 0 Å². The first-order valence-electron chi connectivity index (χ1n) is 4.76. The Labute approximate surface area is 109 Å². The number of halogens is 2. The van der Waals surface area contributed by atoms with E-state index < -0.39 is 0 Å². The first-order valence-corrected chi connectivity index (χ1v) is 6.35. The Morgan fingerprint density at radius 2 is 1.12 bits per heavy atom. The summed E-state index contributed by atoms with van der Waals surface area (Å²) in [5, 5.41) is 10.6. The highest BCUT2D eigenvalue weighted by molar-refractivity contribution is 9.11. The Hall–Kier alpha value is -1.00. The van der Waals surface area contributed by atoms with Crippen molar-refractivity contribution in [2.75, 3.05) is 0 Å². The maximum atomic E-state index is 4.21. The van der Waals surface area contributed by atoms with Gasteiger partial charge in [0.2, 0.25) is 0 Å². The summed E-state index contributed by atoms with van der Waals surface area (Å²) >= 11 is 7.13. The first kappa shape index (κ1) is 10.2. The third-order valence-electron chi connectivity index (χ3n) is 2.50. The largest absolute Gasteiger partial charge is 0.150 e. The molecular formula is C12H6Br2N2. The molecule has 3 aromatic rings. The molecule has 0 saturated heterocycles. The first-order chi connectivity index (χ1) is 7.77. The molecule has 0 aliphatic heterocycles. The predicted octanol–water partition coefficient (Wildman–Crippen LogP) is 4.31. The van der Waals surface area contributed by atoms with Crippen molar-refractivity contribution in [3.8, 4) is 0 Å². The second-order valence-corrected chi connectivity index (χ2v) is 5.18. The van der Waals surface area contributed by atoms with Gasteiger partial charge in [-0.2, -0.15) is 0 Å². The van der Waals surface area contributed by atoms with Crippen molar-refractivity contribution in [2.24, 2.45) is 0 Å². The van der Waals surface area contributed by atoms with Crippen LogP contribution in [0.25, 0.3) is 21.8 Å². The van der Waals surface area contributed by atoms with Gasteiger partial charge < -0.3 is 0 Å². The van der Waals surface area contributed by atoms with Gasteiger partial charge in [0.05, 0.1) is 11.0 Å². The monoisotopic (exact) mass is 336 g/mol. The van der Waals surface area contributed by atoms with Crippen molar-refractivity contribution in [1.82, 2.24) is 10.2 Å². The fraction of sp³-hybridized carbons (Fsp3) is 0. The average molecular weight is 338 g/mol. The summed E-state index contributed by atoms with van der Waals surface area (Å²) in [6.07, 6.45) is 0. The second kappa shape index (κ2) is 3.79. The lowest BCUT2D eigenvalue weighted by atomic mass is 10.1. The number of fused-ring (bicyclic) bond motifs is 3. The molecule has 0 aliphatic rings. The summed E-state index contributed by atoms with van der Waals surface area (Å²) in [5.41, 5.74) is 1.79. The van der Waals surface area contributed by atoms with Crippen LogP contribution in [0.5, 0.6) is 0 Å². The Balaban J connectivity index is 2.67. The number of hydrogen-bond donors (Lipinski definition) is 0. The lowest BCUT2D eigenvalue weighted by Crippen LogP contribution is -1.88. The van der Waals surface area contributed by atoms with Crippen LogP contribution in [0.4, 0.5) is 0 Å². The van der Waals surface area contributed by atoms with Gasteiger partial charge in [0.25, 0.3) is 0 Å². The van der Waals surface area contributed by atoms with E-state index in [4.69, 9.17) is 0 Å². The van der Waals surface area contributed by atoms with Gasteiger partial charge in [-0.3, -0.25) is 0 Å². The molecule has 0 unspecified atom stereocenters. The zero-order valence-electron chi connectivity index (χ0n) is 8.11. The molecule has 0 radical (unpaired) electrons. The number of aromatic nitrogens is 2. The zero-order valence-corrected chi connectivity index (χ0v) is 11.3. The molecule has 0 saturated carbocycles. The van der Waals surface area contributed by atoms with E-state index in [9.17, 15) is 0 Å². The van der Waals surface area contributed by atoms with Crippen LogP contribution in [0, 0.1) is 0 Å². The molecule has 3 rings (SSSR count). The Morgan fingerprint density at radius 1 is 0.688 bits per heavy atom. The van der Waals surface area contributed by atoms with Crippen molar-refractivity contribution in [1.29, 1.82) is 0 Å². The van der Waals surface area contributed by atoms with Gasteiger partial charge in [-0.05, 0) is 24.3 Å². The molecule has 16 heavy (non-hydrogen) atoms. The summed E-state index contributed by atoms with van der Waals surface area (Å²) < 4.78 is 2.08. The molecule has 2 nitrogen and oxygen atoms in total.